The van der Waals surface area contributed by atoms with Crippen LogP contribution in [0.25, 0.3) is 11.3 Å². The lowest BCUT2D eigenvalue weighted by atomic mass is 10.1. The third-order valence-corrected chi connectivity index (χ3v) is 2.62. The van der Waals surface area contributed by atoms with Crippen molar-refractivity contribution in [2.75, 3.05) is 26.5 Å². The van der Waals surface area contributed by atoms with Crippen LogP contribution in [0.3, 0.4) is 0 Å². The van der Waals surface area contributed by atoms with Crippen LogP contribution in [-0.4, -0.2) is 42.3 Å². The summed E-state index contributed by atoms with van der Waals surface area (Å²) in [5.41, 5.74) is 1.80. The van der Waals surface area contributed by atoms with Crippen molar-refractivity contribution in [3.05, 3.63) is 30.3 Å². The molecule has 0 unspecified atom stereocenters. The minimum Gasteiger partial charge on any atom is -0.497 e. The standard InChI is InChI=1S/C13H16N4O2/c1-17(2)13(18)14-12-8-11(15-16-12)9-4-6-10(19-3)7-5-9/h4-8H,1-3H3,(H2,14,15,16,18). The van der Waals surface area contributed by atoms with E-state index in [1.165, 1.54) is 4.90 Å². The van der Waals surface area contributed by atoms with Gasteiger partial charge in [0, 0.05) is 20.2 Å². The zero-order chi connectivity index (χ0) is 13.8. The molecule has 0 fully saturated rings. The molecule has 100 valence electrons. The molecule has 1 aromatic heterocycles. The van der Waals surface area contributed by atoms with E-state index in [9.17, 15) is 4.79 Å². The molecule has 2 rings (SSSR count). The second-order valence-corrected chi connectivity index (χ2v) is 4.22. The first-order valence-corrected chi connectivity index (χ1v) is 5.78. The maximum atomic E-state index is 11.5. The van der Waals surface area contributed by atoms with Gasteiger partial charge in [-0.05, 0) is 29.8 Å². The van der Waals surface area contributed by atoms with Crippen LogP contribution < -0.4 is 10.1 Å². The number of amides is 2. The number of ether oxygens (including phenoxy) is 1. The number of hydrogen-bond acceptors (Lipinski definition) is 3. The number of H-pyrrole nitrogens is 1. The third-order valence-electron chi connectivity index (χ3n) is 2.62. The molecule has 0 saturated heterocycles. The van der Waals surface area contributed by atoms with Crippen LogP contribution in [-0.2, 0) is 0 Å². The van der Waals surface area contributed by atoms with Gasteiger partial charge in [0.15, 0.2) is 5.82 Å². The highest BCUT2D eigenvalue weighted by molar-refractivity contribution is 5.88. The first-order chi connectivity index (χ1) is 9.10. The van der Waals surface area contributed by atoms with Crippen LogP contribution in [0.4, 0.5) is 10.6 Å². The summed E-state index contributed by atoms with van der Waals surface area (Å²) in [5, 5.41) is 9.60. The SMILES string of the molecule is COc1ccc(-c2cc(NC(=O)N(C)C)n[nH]2)cc1. The summed E-state index contributed by atoms with van der Waals surface area (Å²) < 4.78 is 5.10. The van der Waals surface area contributed by atoms with E-state index in [1.54, 1.807) is 27.3 Å². The molecule has 6 nitrogen and oxygen atoms in total. The molecule has 0 aliphatic heterocycles. The Morgan fingerprint density at radius 1 is 1.32 bits per heavy atom. The first-order valence-electron chi connectivity index (χ1n) is 5.78. The van der Waals surface area contributed by atoms with Gasteiger partial charge in [0.05, 0.1) is 12.8 Å². The highest BCUT2D eigenvalue weighted by Gasteiger charge is 2.08. The number of methoxy groups -OCH3 is 1. The highest BCUT2D eigenvalue weighted by Crippen LogP contribution is 2.22. The van der Waals surface area contributed by atoms with E-state index in [0.29, 0.717) is 5.82 Å². The molecule has 0 atom stereocenters. The minimum absolute atomic E-state index is 0.215. The fraction of sp³-hybridized carbons (Fsp3) is 0.231. The number of anilines is 1. The Morgan fingerprint density at radius 2 is 2.00 bits per heavy atom. The Morgan fingerprint density at radius 3 is 2.58 bits per heavy atom. The molecule has 0 saturated carbocycles. The first kappa shape index (κ1) is 12.9. The number of urea groups is 1. The molecule has 19 heavy (non-hydrogen) atoms. The van der Waals surface area contributed by atoms with Crippen LogP contribution in [0.15, 0.2) is 30.3 Å². The zero-order valence-corrected chi connectivity index (χ0v) is 11.1. The number of rotatable bonds is 3. The fourth-order valence-corrected chi connectivity index (χ4v) is 1.53. The minimum atomic E-state index is -0.215. The maximum Gasteiger partial charge on any atom is 0.322 e. The summed E-state index contributed by atoms with van der Waals surface area (Å²) in [7, 11) is 4.97. The van der Waals surface area contributed by atoms with Gasteiger partial charge in [-0.2, -0.15) is 5.10 Å². The smallest absolute Gasteiger partial charge is 0.322 e. The van der Waals surface area contributed by atoms with Gasteiger partial charge in [0.25, 0.3) is 0 Å². The molecule has 0 spiro atoms. The van der Waals surface area contributed by atoms with Crippen molar-refractivity contribution >= 4 is 11.8 Å². The number of nitrogens with zero attached hydrogens (tertiary/aromatic N) is 2. The van der Waals surface area contributed by atoms with E-state index in [0.717, 1.165) is 17.0 Å². The van der Waals surface area contributed by atoms with Gasteiger partial charge in [0.2, 0.25) is 0 Å². The molecule has 0 radical (unpaired) electrons. The lowest BCUT2D eigenvalue weighted by Gasteiger charge is -2.09. The van der Waals surface area contributed by atoms with Crippen molar-refractivity contribution in [1.82, 2.24) is 15.1 Å². The molecule has 0 aliphatic rings. The number of aromatic amines is 1. The van der Waals surface area contributed by atoms with Gasteiger partial charge in [-0.3, -0.25) is 10.4 Å². The highest BCUT2D eigenvalue weighted by atomic mass is 16.5. The second-order valence-electron chi connectivity index (χ2n) is 4.22. The van der Waals surface area contributed by atoms with Crippen LogP contribution in [0.2, 0.25) is 0 Å². The largest absolute Gasteiger partial charge is 0.497 e. The summed E-state index contributed by atoms with van der Waals surface area (Å²) in [6, 6.07) is 9.15. The Balaban J connectivity index is 2.13. The number of benzene rings is 1. The Labute approximate surface area is 111 Å². The molecule has 6 heteroatoms. The molecule has 1 aromatic carbocycles. The van der Waals surface area contributed by atoms with E-state index in [-0.39, 0.29) is 6.03 Å². The van der Waals surface area contributed by atoms with Gasteiger partial charge < -0.3 is 9.64 Å². The maximum absolute atomic E-state index is 11.5. The van der Waals surface area contributed by atoms with E-state index >= 15 is 0 Å². The predicted octanol–water partition coefficient (Wildman–Crippen LogP) is 2.18. The molecule has 2 amide bonds. The van der Waals surface area contributed by atoms with Crippen LogP contribution in [0.5, 0.6) is 5.75 Å². The number of carbonyl (C=O) groups excluding carboxylic acids is 1. The summed E-state index contributed by atoms with van der Waals surface area (Å²) in [4.78, 5) is 12.9. The third kappa shape index (κ3) is 3.04. The number of carbonyl (C=O) groups is 1. The summed E-state index contributed by atoms with van der Waals surface area (Å²) in [5.74, 6) is 1.29. The van der Waals surface area contributed by atoms with Gasteiger partial charge in [-0.25, -0.2) is 4.79 Å². The molecule has 0 aliphatic carbocycles. The number of nitrogens with one attached hydrogen (secondary N) is 2. The Hall–Kier alpha value is -2.50. The average Bonchev–Trinajstić information content (AvgIpc) is 2.87. The fourth-order valence-electron chi connectivity index (χ4n) is 1.53. The van der Waals surface area contributed by atoms with Gasteiger partial charge in [-0.15, -0.1) is 0 Å². The molecule has 1 heterocycles. The van der Waals surface area contributed by atoms with Gasteiger partial charge in [-0.1, -0.05) is 0 Å². The van der Waals surface area contributed by atoms with Crippen molar-refractivity contribution in [2.45, 2.75) is 0 Å². The number of hydrogen-bond donors (Lipinski definition) is 2. The number of aromatic nitrogens is 2. The summed E-state index contributed by atoms with van der Waals surface area (Å²) >= 11 is 0. The molecular formula is C13H16N4O2. The van der Waals surface area contributed by atoms with Crippen LogP contribution >= 0.6 is 0 Å². The van der Waals surface area contributed by atoms with Crippen molar-refractivity contribution in [1.29, 1.82) is 0 Å². The topological polar surface area (TPSA) is 70.2 Å². The molecule has 2 aromatic rings. The summed E-state index contributed by atoms with van der Waals surface area (Å²) in [6.07, 6.45) is 0. The van der Waals surface area contributed by atoms with Crippen molar-refractivity contribution in [3.63, 3.8) is 0 Å². The predicted molar refractivity (Wildman–Crippen MR) is 73.3 cm³/mol. The van der Waals surface area contributed by atoms with E-state index < -0.39 is 0 Å². The summed E-state index contributed by atoms with van der Waals surface area (Å²) in [6.45, 7) is 0. The second kappa shape index (κ2) is 5.43. The monoisotopic (exact) mass is 260 g/mol. The van der Waals surface area contributed by atoms with Crippen molar-refractivity contribution in [2.24, 2.45) is 0 Å². The lowest BCUT2D eigenvalue weighted by molar-refractivity contribution is 0.230. The normalized spacial score (nSPS) is 10.1. The Bertz CT molecular complexity index is 560. The van der Waals surface area contributed by atoms with Gasteiger partial charge in [0.1, 0.15) is 5.75 Å². The van der Waals surface area contributed by atoms with Crippen LogP contribution in [0.1, 0.15) is 0 Å². The Kier molecular flexibility index (Phi) is 3.70. The van der Waals surface area contributed by atoms with Gasteiger partial charge >= 0.3 is 6.03 Å². The van der Waals surface area contributed by atoms with E-state index in [1.807, 2.05) is 24.3 Å². The van der Waals surface area contributed by atoms with E-state index in [2.05, 4.69) is 15.5 Å². The zero-order valence-electron chi connectivity index (χ0n) is 11.1. The average molecular weight is 260 g/mol. The molecule has 0 bridgehead atoms. The quantitative estimate of drug-likeness (QED) is 0.888. The lowest BCUT2D eigenvalue weighted by Crippen LogP contribution is -2.27. The van der Waals surface area contributed by atoms with Crippen molar-refractivity contribution < 1.29 is 9.53 Å². The molecule has 2 N–H and O–H groups in total. The van der Waals surface area contributed by atoms with E-state index in [4.69, 9.17) is 4.74 Å². The molecular weight excluding hydrogens is 244 g/mol. The van der Waals surface area contributed by atoms with Crippen LogP contribution in [0, 0.1) is 0 Å². The van der Waals surface area contributed by atoms with Crippen molar-refractivity contribution in [3.8, 4) is 17.0 Å².